The van der Waals surface area contributed by atoms with Crippen LogP contribution in [-0.2, 0) is 16.2 Å². The van der Waals surface area contributed by atoms with E-state index < -0.39 is 0 Å². The van der Waals surface area contributed by atoms with Crippen molar-refractivity contribution in [2.75, 3.05) is 14.7 Å². The molecule has 1 aliphatic carbocycles. The minimum absolute atomic E-state index is 0.00755. The highest BCUT2D eigenvalue weighted by Crippen LogP contribution is 2.51. The molecule has 10 aromatic rings. The maximum atomic E-state index is 6.73. The summed E-state index contributed by atoms with van der Waals surface area (Å²) >= 11 is 0. The molecule has 2 aliphatic heterocycles. The number of benzene rings is 9. The van der Waals surface area contributed by atoms with Gasteiger partial charge in [-0.05, 0) is 214 Å². The summed E-state index contributed by atoms with van der Waals surface area (Å²) in [6.07, 6.45) is 12.9. The summed E-state index contributed by atoms with van der Waals surface area (Å²) in [7, 11) is 0. The lowest BCUT2D eigenvalue weighted by Crippen LogP contribution is -2.61. The zero-order valence-electron chi connectivity index (χ0n) is 52.4. The van der Waals surface area contributed by atoms with Gasteiger partial charge in [-0.2, -0.15) is 0 Å². The maximum Gasteiger partial charge on any atom is 0.252 e. The first-order valence-corrected chi connectivity index (χ1v) is 31.3. The van der Waals surface area contributed by atoms with E-state index in [0.29, 0.717) is 5.92 Å². The smallest absolute Gasteiger partial charge is 0.252 e. The third-order valence-electron chi connectivity index (χ3n) is 18.8. The number of para-hydroxylation sites is 2. The molecule has 9 aromatic carbocycles. The van der Waals surface area contributed by atoms with Gasteiger partial charge in [0.2, 0.25) is 0 Å². The quantitative estimate of drug-likeness (QED) is 0.106. The van der Waals surface area contributed by atoms with Crippen LogP contribution in [0, 0.1) is 13.8 Å². The van der Waals surface area contributed by atoms with Crippen molar-refractivity contribution in [2.45, 2.75) is 144 Å². The highest BCUT2D eigenvalue weighted by molar-refractivity contribution is 7.00. The molecule has 0 bridgehead atoms. The van der Waals surface area contributed by atoms with Crippen LogP contribution in [0.1, 0.15) is 153 Å². The van der Waals surface area contributed by atoms with E-state index in [0.717, 1.165) is 50.1 Å². The Morgan fingerprint density at radius 3 is 1.76 bits per heavy atom. The lowest BCUT2D eigenvalue weighted by atomic mass is 9.33. The first-order valence-electron chi connectivity index (χ1n) is 31.3. The van der Waals surface area contributed by atoms with E-state index in [1.54, 1.807) is 0 Å². The molecule has 0 amide bonds. The van der Waals surface area contributed by atoms with E-state index >= 15 is 0 Å². The van der Waals surface area contributed by atoms with Crippen LogP contribution >= 0.6 is 0 Å². The van der Waals surface area contributed by atoms with Gasteiger partial charge in [0.15, 0.2) is 0 Å². The van der Waals surface area contributed by atoms with Gasteiger partial charge in [-0.3, -0.25) is 0 Å². The molecule has 5 heteroatoms. The zero-order valence-corrected chi connectivity index (χ0v) is 52.4. The van der Waals surface area contributed by atoms with Gasteiger partial charge < -0.3 is 19.1 Å². The first kappa shape index (κ1) is 55.9. The molecule has 426 valence electrons. The third-order valence-corrected chi connectivity index (χ3v) is 18.8. The summed E-state index contributed by atoms with van der Waals surface area (Å²) < 4.78 is 6.73. The van der Waals surface area contributed by atoms with Crippen LogP contribution in [-0.4, -0.2) is 6.71 Å². The second-order valence-electron chi connectivity index (χ2n) is 27.6. The number of anilines is 9. The minimum atomic E-state index is -0.178. The molecule has 3 heterocycles. The second kappa shape index (κ2) is 21.4. The van der Waals surface area contributed by atoms with Gasteiger partial charge in [-0.1, -0.05) is 191 Å². The Kier molecular flexibility index (Phi) is 14.0. The summed E-state index contributed by atoms with van der Waals surface area (Å²) in [5.41, 5.74) is 28.8. The molecule has 0 saturated heterocycles. The summed E-state index contributed by atoms with van der Waals surface area (Å²) in [6, 6.07) is 67.9. The van der Waals surface area contributed by atoms with Crippen molar-refractivity contribution in [2.24, 2.45) is 0 Å². The molecule has 0 spiro atoms. The lowest BCUT2D eigenvalue weighted by Gasteiger charge is -2.46. The fraction of sp³-hybridized carbons (Fsp3) is 0.275. The van der Waals surface area contributed by atoms with Crippen molar-refractivity contribution in [3.05, 3.63) is 233 Å². The van der Waals surface area contributed by atoms with E-state index in [1.807, 2.05) is 0 Å². The van der Waals surface area contributed by atoms with Gasteiger partial charge in [0.05, 0.1) is 5.69 Å². The van der Waals surface area contributed by atoms with E-state index in [2.05, 4.69) is 299 Å². The fourth-order valence-corrected chi connectivity index (χ4v) is 14.2. The average Bonchev–Trinajstić information content (AvgIpc) is 1.41. The summed E-state index contributed by atoms with van der Waals surface area (Å²) in [4.78, 5) is 7.77. The third kappa shape index (κ3) is 9.92. The topological polar surface area (TPSA) is 22.9 Å². The monoisotopic (exact) mass is 1110 g/mol. The molecule has 0 N–H and O–H groups in total. The molecule has 1 saturated carbocycles. The molecule has 0 atom stereocenters. The van der Waals surface area contributed by atoms with Gasteiger partial charge in [0, 0.05) is 61.8 Å². The lowest BCUT2D eigenvalue weighted by molar-refractivity contribution is 0.444. The number of hydrogen-bond donors (Lipinski definition) is 0. The number of allylic oxidation sites excluding steroid dienone is 4. The maximum absolute atomic E-state index is 6.73. The van der Waals surface area contributed by atoms with E-state index in [4.69, 9.17) is 4.42 Å². The highest BCUT2D eigenvalue weighted by atomic mass is 16.3. The van der Waals surface area contributed by atoms with Crippen molar-refractivity contribution in [1.82, 2.24) is 0 Å². The zero-order chi connectivity index (χ0) is 59.3. The van der Waals surface area contributed by atoms with Gasteiger partial charge >= 0.3 is 0 Å². The first-order chi connectivity index (χ1) is 40.8. The van der Waals surface area contributed by atoms with Crippen LogP contribution in [0.2, 0.25) is 0 Å². The Morgan fingerprint density at radius 2 is 1.13 bits per heavy atom. The summed E-state index contributed by atoms with van der Waals surface area (Å²) in [5, 5.41) is 2.28. The van der Waals surface area contributed by atoms with Gasteiger partial charge in [0.1, 0.15) is 11.2 Å². The Bertz CT molecular complexity index is 4240. The molecule has 85 heavy (non-hydrogen) atoms. The predicted molar refractivity (Wildman–Crippen MR) is 368 cm³/mol. The van der Waals surface area contributed by atoms with Crippen LogP contribution in [0.5, 0.6) is 0 Å². The Morgan fingerprint density at radius 1 is 0.529 bits per heavy atom. The van der Waals surface area contributed by atoms with Crippen LogP contribution < -0.4 is 31.1 Å². The van der Waals surface area contributed by atoms with Crippen molar-refractivity contribution < 1.29 is 4.42 Å². The van der Waals surface area contributed by atoms with Gasteiger partial charge in [0.25, 0.3) is 6.71 Å². The molecule has 0 radical (unpaired) electrons. The number of rotatable bonds is 9. The molecule has 13 rings (SSSR count). The number of nitrogens with zero attached hydrogens (tertiary/aromatic N) is 3. The van der Waals surface area contributed by atoms with Crippen LogP contribution in [0.25, 0.3) is 38.6 Å². The largest absolute Gasteiger partial charge is 0.455 e. The Labute approximate surface area is 506 Å². The number of fused-ring (bicyclic) bond motifs is 7. The molecule has 1 fully saturated rings. The normalized spacial score (nSPS) is 14.8. The molecular weight excluding hydrogens is 1030 g/mol. The minimum Gasteiger partial charge on any atom is -0.455 e. The van der Waals surface area contributed by atoms with E-state index in [-0.39, 0.29) is 23.0 Å². The molecule has 3 aliphatic rings. The molecule has 0 unspecified atom stereocenters. The summed E-state index contributed by atoms with van der Waals surface area (Å²) in [5.74, 6) is 0.547. The Hall–Kier alpha value is -8.28. The predicted octanol–water partition coefficient (Wildman–Crippen LogP) is 21.3. The van der Waals surface area contributed by atoms with Crippen LogP contribution in [0.4, 0.5) is 51.2 Å². The number of furan rings is 1. The van der Waals surface area contributed by atoms with Crippen molar-refractivity contribution in [3.63, 3.8) is 0 Å². The Balaban J connectivity index is 1.10. The van der Waals surface area contributed by atoms with E-state index in [1.165, 1.54) is 127 Å². The van der Waals surface area contributed by atoms with Crippen molar-refractivity contribution in [3.8, 4) is 11.1 Å². The van der Waals surface area contributed by atoms with Crippen LogP contribution in [0.3, 0.4) is 0 Å². The SMILES string of the molecule is C/C=C\C(=C/C)c1ccc(N(c2ccc(C(C)(C)C)cc2)c2ccc3c(c2)N(c2c(C)cc(-c4cccc5c4oc4ccccc45)cc2C)c2cc(C(C)(C)C)cc4c2B3c2cc(C3CCCCC3)ccc2N4c2ccc(C(C)(C)C)cc2)cc1. The standard InChI is InChI=1S/C80H82BN3O/c1-14-22-53(15-2)55-29-36-61(37-30-55)82(62-38-32-58(33-39-62)78(5,6)7)64-42-43-68-71(50-64)84(76-51(3)45-57(46-52(76)4)65-26-21-27-67-66-25-19-20-28-74(66)85-77(65)67)73-49-60(80(11,12)13)48-72-75(73)81(68)69-47-56(54-23-17-16-18-24-54)31-44-70(69)83(72)63-40-34-59(35-41-63)79(8,9)10/h14-15,19-22,25-50,54H,16-18,23-24H2,1-13H3/b22-14-,53-15+. The van der Waals surface area contributed by atoms with Crippen molar-refractivity contribution in [1.29, 1.82) is 0 Å². The molecule has 4 nitrogen and oxygen atoms in total. The van der Waals surface area contributed by atoms with Gasteiger partial charge in [-0.15, -0.1) is 0 Å². The summed E-state index contributed by atoms with van der Waals surface area (Å²) in [6.45, 7) is 29.8. The average molecular weight is 1110 g/mol. The highest BCUT2D eigenvalue weighted by Gasteiger charge is 2.45. The van der Waals surface area contributed by atoms with Gasteiger partial charge in [-0.25, -0.2) is 0 Å². The molecule has 1 aromatic heterocycles. The number of hydrogen-bond acceptors (Lipinski definition) is 4. The number of aryl methyl sites for hydroxylation is 2. The van der Waals surface area contributed by atoms with Crippen LogP contribution in [0.15, 0.2) is 199 Å². The van der Waals surface area contributed by atoms with E-state index in [9.17, 15) is 0 Å². The van der Waals surface area contributed by atoms with Crippen molar-refractivity contribution >= 4 is 102 Å². The second-order valence-corrected chi connectivity index (χ2v) is 27.6. The fourth-order valence-electron chi connectivity index (χ4n) is 14.2. The molecular formula is C80H82BN3O.